The number of hydrogen-bond acceptors (Lipinski definition) is 7. The summed E-state index contributed by atoms with van der Waals surface area (Å²) in [5.74, 6) is -2.17. The van der Waals surface area contributed by atoms with Crippen molar-refractivity contribution in [1.82, 2.24) is 4.98 Å². The summed E-state index contributed by atoms with van der Waals surface area (Å²) in [4.78, 5) is 44.4. The molecule has 1 atom stereocenters. The highest BCUT2D eigenvalue weighted by atomic mass is 35.5. The van der Waals surface area contributed by atoms with Crippen molar-refractivity contribution in [3.8, 4) is 5.75 Å². The van der Waals surface area contributed by atoms with Gasteiger partial charge in [0.25, 0.3) is 11.7 Å². The second kappa shape index (κ2) is 10.8. The molecule has 4 rings (SSSR count). The molecule has 1 amide bonds. The molecule has 0 bridgehead atoms. The van der Waals surface area contributed by atoms with E-state index in [1.54, 1.807) is 42.6 Å². The zero-order chi connectivity index (χ0) is 26.7. The number of anilines is 1. The van der Waals surface area contributed by atoms with Crippen LogP contribution in [0.5, 0.6) is 5.75 Å². The standard InChI is InChI=1S/C28H25ClN2O6/c1-16(2)15-37-28(35)17-6-9-20(10-7-17)31-24(18-5-4-12-30-14-18)23(26(33)27(31)34)25(32)21-13-19(29)8-11-22(21)36-3/h4-14,16,24,32H,15H2,1-3H3/b25-23+. The number of carbonyl (C=O) groups is 3. The summed E-state index contributed by atoms with van der Waals surface area (Å²) < 4.78 is 10.6. The first-order valence-electron chi connectivity index (χ1n) is 11.5. The zero-order valence-corrected chi connectivity index (χ0v) is 21.2. The van der Waals surface area contributed by atoms with E-state index < -0.39 is 29.5 Å². The Morgan fingerprint density at radius 3 is 2.49 bits per heavy atom. The van der Waals surface area contributed by atoms with E-state index in [9.17, 15) is 19.5 Å². The number of ketones is 1. The van der Waals surface area contributed by atoms with Gasteiger partial charge in [-0.2, -0.15) is 0 Å². The Balaban J connectivity index is 1.82. The molecule has 190 valence electrons. The number of methoxy groups -OCH3 is 1. The first-order valence-corrected chi connectivity index (χ1v) is 11.9. The van der Waals surface area contributed by atoms with Crippen molar-refractivity contribution in [2.75, 3.05) is 18.6 Å². The average Bonchev–Trinajstić information content (AvgIpc) is 3.17. The van der Waals surface area contributed by atoms with Crippen LogP contribution in [-0.4, -0.2) is 41.5 Å². The summed E-state index contributed by atoms with van der Waals surface area (Å²) >= 11 is 6.15. The minimum atomic E-state index is -0.990. The van der Waals surface area contributed by atoms with E-state index >= 15 is 0 Å². The number of halogens is 1. The Kier molecular flexibility index (Phi) is 7.59. The summed E-state index contributed by atoms with van der Waals surface area (Å²) in [5.41, 5.74) is 1.20. The van der Waals surface area contributed by atoms with Gasteiger partial charge in [-0.1, -0.05) is 31.5 Å². The molecule has 0 saturated carbocycles. The maximum atomic E-state index is 13.3. The molecule has 1 aliphatic rings. The molecule has 2 heterocycles. The first-order chi connectivity index (χ1) is 17.7. The lowest BCUT2D eigenvalue weighted by Gasteiger charge is -2.25. The SMILES string of the molecule is COc1ccc(Cl)cc1/C(O)=C1\C(=O)C(=O)N(c2ccc(C(=O)OCC(C)C)cc2)C1c1cccnc1. The molecule has 1 unspecified atom stereocenters. The topological polar surface area (TPSA) is 106 Å². The van der Waals surface area contributed by atoms with Crippen LogP contribution in [0.3, 0.4) is 0 Å². The summed E-state index contributed by atoms with van der Waals surface area (Å²) in [5, 5.41) is 11.6. The Labute approximate surface area is 219 Å². The molecule has 1 N–H and O–H groups in total. The molecule has 1 aromatic heterocycles. The monoisotopic (exact) mass is 520 g/mol. The molecule has 1 fully saturated rings. The molecule has 0 radical (unpaired) electrons. The lowest BCUT2D eigenvalue weighted by molar-refractivity contribution is -0.132. The van der Waals surface area contributed by atoms with Crippen molar-refractivity contribution < 1.29 is 29.0 Å². The lowest BCUT2D eigenvalue weighted by atomic mass is 9.95. The maximum absolute atomic E-state index is 13.3. The van der Waals surface area contributed by atoms with E-state index in [2.05, 4.69) is 4.98 Å². The largest absolute Gasteiger partial charge is 0.507 e. The van der Waals surface area contributed by atoms with Crippen LogP contribution in [-0.2, 0) is 14.3 Å². The van der Waals surface area contributed by atoms with Crippen LogP contribution in [0, 0.1) is 5.92 Å². The molecule has 3 aromatic rings. The molecule has 8 nitrogen and oxygen atoms in total. The summed E-state index contributed by atoms with van der Waals surface area (Å²) in [6.45, 7) is 4.15. The number of aliphatic hydroxyl groups is 1. The van der Waals surface area contributed by atoms with E-state index in [0.29, 0.717) is 21.8 Å². The van der Waals surface area contributed by atoms with Gasteiger partial charge in [0.15, 0.2) is 0 Å². The second-order valence-corrected chi connectivity index (χ2v) is 9.28. The van der Waals surface area contributed by atoms with Gasteiger partial charge < -0.3 is 14.6 Å². The van der Waals surface area contributed by atoms with Crippen LogP contribution in [0.2, 0.25) is 5.02 Å². The number of esters is 1. The second-order valence-electron chi connectivity index (χ2n) is 8.84. The van der Waals surface area contributed by atoms with Crippen LogP contribution in [0.15, 0.2) is 72.6 Å². The number of hydrogen-bond donors (Lipinski definition) is 1. The quantitative estimate of drug-likeness (QED) is 0.198. The smallest absolute Gasteiger partial charge is 0.338 e. The van der Waals surface area contributed by atoms with E-state index in [0.717, 1.165) is 0 Å². The Morgan fingerprint density at radius 2 is 1.86 bits per heavy atom. The van der Waals surface area contributed by atoms with Gasteiger partial charge in [0.05, 0.1) is 36.5 Å². The number of benzene rings is 2. The van der Waals surface area contributed by atoms with Gasteiger partial charge >= 0.3 is 5.97 Å². The fraction of sp³-hybridized carbons (Fsp3) is 0.214. The van der Waals surface area contributed by atoms with Gasteiger partial charge in [-0.15, -0.1) is 0 Å². The highest BCUT2D eigenvalue weighted by Gasteiger charge is 2.47. The zero-order valence-electron chi connectivity index (χ0n) is 20.5. The number of amides is 1. The van der Waals surface area contributed by atoms with E-state index in [-0.39, 0.29) is 29.4 Å². The molecule has 0 aliphatic carbocycles. The maximum Gasteiger partial charge on any atom is 0.338 e. The third-order valence-corrected chi connectivity index (χ3v) is 6.03. The highest BCUT2D eigenvalue weighted by molar-refractivity contribution is 6.51. The number of Topliss-reactive ketones (excluding diaryl/α,β-unsaturated/α-hetero) is 1. The molecule has 9 heteroatoms. The molecule has 0 spiro atoms. The van der Waals surface area contributed by atoms with Gasteiger partial charge in [-0.3, -0.25) is 19.5 Å². The Bertz CT molecular complexity index is 1370. The first kappa shape index (κ1) is 25.9. The van der Waals surface area contributed by atoms with Crippen molar-refractivity contribution in [3.05, 3.63) is 94.3 Å². The van der Waals surface area contributed by atoms with Crippen molar-refractivity contribution in [2.24, 2.45) is 5.92 Å². The number of ether oxygens (including phenoxy) is 2. The normalized spacial score (nSPS) is 16.8. The summed E-state index contributed by atoms with van der Waals surface area (Å²) in [7, 11) is 1.42. The Morgan fingerprint density at radius 1 is 1.14 bits per heavy atom. The fourth-order valence-corrected chi connectivity index (χ4v) is 4.22. The number of aromatic nitrogens is 1. The van der Waals surface area contributed by atoms with Crippen molar-refractivity contribution in [1.29, 1.82) is 0 Å². The van der Waals surface area contributed by atoms with Gasteiger partial charge in [-0.05, 0) is 60.0 Å². The number of nitrogens with zero attached hydrogens (tertiary/aromatic N) is 2. The van der Waals surface area contributed by atoms with Gasteiger partial charge in [0.2, 0.25) is 0 Å². The fourth-order valence-electron chi connectivity index (χ4n) is 4.05. The van der Waals surface area contributed by atoms with Crippen LogP contribution < -0.4 is 9.64 Å². The van der Waals surface area contributed by atoms with Gasteiger partial charge in [0.1, 0.15) is 11.5 Å². The van der Waals surface area contributed by atoms with Crippen LogP contribution in [0.4, 0.5) is 5.69 Å². The van der Waals surface area contributed by atoms with Crippen LogP contribution in [0.25, 0.3) is 5.76 Å². The Hall–Kier alpha value is -4.17. The molecular formula is C28H25ClN2O6. The number of rotatable bonds is 7. The third-order valence-electron chi connectivity index (χ3n) is 5.79. The average molecular weight is 521 g/mol. The predicted molar refractivity (Wildman–Crippen MR) is 139 cm³/mol. The molecular weight excluding hydrogens is 496 g/mol. The van der Waals surface area contributed by atoms with E-state index in [1.165, 1.54) is 36.4 Å². The van der Waals surface area contributed by atoms with Crippen LogP contribution in [0.1, 0.15) is 41.4 Å². The minimum absolute atomic E-state index is 0.140. The highest BCUT2D eigenvalue weighted by Crippen LogP contribution is 2.43. The molecule has 1 saturated heterocycles. The summed E-state index contributed by atoms with van der Waals surface area (Å²) in [6.07, 6.45) is 3.08. The number of aliphatic hydroxyl groups excluding tert-OH is 1. The van der Waals surface area contributed by atoms with Gasteiger partial charge in [0, 0.05) is 23.1 Å². The predicted octanol–water partition coefficient (Wildman–Crippen LogP) is 5.18. The number of pyridine rings is 1. The molecule has 2 aromatic carbocycles. The lowest BCUT2D eigenvalue weighted by Crippen LogP contribution is -2.29. The van der Waals surface area contributed by atoms with E-state index in [1.807, 2.05) is 13.8 Å². The van der Waals surface area contributed by atoms with Crippen molar-refractivity contribution >= 4 is 40.7 Å². The van der Waals surface area contributed by atoms with Gasteiger partial charge in [-0.25, -0.2) is 4.79 Å². The van der Waals surface area contributed by atoms with E-state index in [4.69, 9.17) is 21.1 Å². The van der Waals surface area contributed by atoms with Crippen LogP contribution >= 0.6 is 11.6 Å². The molecule has 1 aliphatic heterocycles. The third kappa shape index (κ3) is 5.20. The minimum Gasteiger partial charge on any atom is -0.507 e. The van der Waals surface area contributed by atoms with Crippen molar-refractivity contribution in [2.45, 2.75) is 19.9 Å². The molecule has 37 heavy (non-hydrogen) atoms. The number of carbonyl (C=O) groups excluding carboxylic acids is 3. The summed E-state index contributed by atoms with van der Waals surface area (Å²) in [6, 6.07) is 13.2. The van der Waals surface area contributed by atoms with Crippen molar-refractivity contribution in [3.63, 3.8) is 0 Å².